The molecule has 0 aliphatic rings. The number of nitrogens with one attached hydrogen (secondary N) is 1. The summed E-state index contributed by atoms with van der Waals surface area (Å²) in [5.74, 6) is 0.889. The summed E-state index contributed by atoms with van der Waals surface area (Å²) in [5.41, 5.74) is 1.40. The third kappa shape index (κ3) is 6.51. The van der Waals surface area contributed by atoms with Crippen molar-refractivity contribution in [3.8, 4) is 11.5 Å². The van der Waals surface area contributed by atoms with Gasteiger partial charge >= 0.3 is 0 Å². The van der Waals surface area contributed by atoms with Crippen LogP contribution in [0.5, 0.6) is 11.5 Å². The largest absolute Gasteiger partial charge is 0.494 e. The first kappa shape index (κ1) is 25.1. The highest BCUT2D eigenvalue weighted by Gasteiger charge is 2.27. The quantitative estimate of drug-likeness (QED) is 0.443. The highest BCUT2D eigenvalue weighted by atomic mass is 32.2. The fourth-order valence-electron chi connectivity index (χ4n) is 3.34. The fourth-order valence-corrected chi connectivity index (χ4v) is 4.76. The molecule has 0 aliphatic heterocycles. The molecule has 0 spiro atoms. The van der Waals surface area contributed by atoms with E-state index in [-0.39, 0.29) is 24.1 Å². The number of hydrogen-bond donors (Lipinski definition) is 1. The Labute approximate surface area is 201 Å². The van der Waals surface area contributed by atoms with Gasteiger partial charge in [0.15, 0.2) is 0 Å². The van der Waals surface area contributed by atoms with Gasteiger partial charge in [-0.25, -0.2) is 8.42 Å². The Bertz CT molecular complexity index is 1180. The molecule has 0 saturated heterocycles. The molecule has 3 aromatic rings. The number of carbonyl (C=O) groups is 1. The summed E-state index contributed by atoms with van der Waals surface area (Å²) in [6.07, 6.45) is 0. The van der Waals surface area contributed by atoms with Gasteiger partial charge in [0.05, 0.1) is 23.2 Å². The molecule has 0 heterocycles. The second-order valence-corrected chi connectivity index (χ2v) is 9.66. The van der Waals surface area contributed by atoms with Gasteiger partial charge in [-0.05, 0) is 68.8 Å². The highest BCUT2D eigenvalue weighted by molar-refractivity contribution is 7.92. The third-order valence-electron chi connectivity index (χ3n) is 5.04. The number of para-hydroxylation sites is 2. The van der Waals surface area contributed by atoms with Crippen LogP contribution in [0.1, 0.15) is 19.4 Å². The SMILES string of the molecule is CCOc1ccc(S(=O)(=O)N(CC(=O)NC(C)COc2ccccc2C)c2ccccc2)cc1. The van der Waals surface area contributed by atoms with E-state index < -0.39 is 15.9 Å². The Morgan fingerprint density at radius 3 is 2.24 bits per heavy atom. The standard InChI is InChI=1S/C26H30N2O5S/c1-4-32-23-14-16-24(17-15-23)34(30,31)28(22-11-6-5-7-12-22)18-26(29)27-21(3)19-33-25-13-9-8-10-20(25)2/h5-17,21H,4,18-19H2,1-3H3,(H,27,29). The zero-order chi connectivity index (χ0) is 24.6. The van der Waals surface area contributed by atoms with Gasteiger partial charge in [0.25, 0.3) is 10.0 Å². The molecular weight excluding hydrogens is 452 g/mol. The maximum atomic E-state index is 13.5. The molecule has 180 valence electrons. The van der Waals surface area contributed by atoms with E-state index in [1.807, 2.05) is 45.0 Å². The van der Waals surface area contributed by atoms with E-state index in [0.29, 0.717) is 18.0 Å². The lowest BCUT2D eigenvalue weighted by molar-refractivity contribution is -0.120. The molecule has 0 saturated carbocycles. The third-order valence-corrected chi connectivity index (χ3v) is 6.83. The van der Waals surface area contributed by atoms with Crippen LogP contribution in [-0.4, -0.2) is 40.1 Å². The average Bonchev–Trinajstić information content (AvgIpc) is 2.83. The van der Waals surface area contributed by atoms with E-state index >= 15 is 0 Å². The van der Waals surface area contributed by atoms with Crippen molar-refractivity contribution in [2.75, 3.05) is 24.1 Å². The zero-order valence-corrected chi connectivity index (χ0v) is 20.4. The van der Waals surface area contributed by atoms with Gasteiger partial charge in [-0.1, -0.05) is 36.4 Å². The second kappa shape index (κ2) is 11.6. The van der Waals surface area contributed by atoms with Gasteiger partial charge in [-0.3, -0.25) is 9.10 Å². The number of nitrogens with zero attached hydrogens (tertiary/aromatic N) is 1. The molecule has 3 rings (SSSR count). The first-order chi connectivity index (χ1) is 16.3. The molecule has 0 bridgehead atoms. The molecule has 0 aliphatic carbocycles. The smallest absolute Gasteiger partial charge is 0.264 e. The minimum absolute atomic E-state index is 0.0727. The minimum atomic E-state index is -3.99. The van der Waals surface area contributed by atoms with E-state index in [9.17, 15) is 13.2 Å². The van der Waals surface area contributed by atoms with Crippen molar-refractivity contribution in [3.05, 3.63) is 84.4 Å². The molecule has 1 N–H and O–H groups in total. The molecule has 7 nitrogen and oxygen atoms in total. The highest BCUT2D eigenvalue weighted by Crippen LogP contribution is 2.25. The first-order valence-corrected chi connectivity index (χ1v) is 12.5. The van der Waals surface area contributed by atoms with Crippen molar-refractivity contribution in [1.29, 1.82) is 0 Å². The maximum Gasteiger partial charge on any atom is 0.264 e. The van der Waals surface area contributed by atoms with Crippen LogP contribution in [0.4, 0.5) is 5.69 Å². The summed E-state index contributed by atoms with van der Waals surface area (Å²) in [6, 6.07) is 22.0. The van der Waals surface area contributed by atoms with Crippen LogP contribution in [0.2, 0.25) is 0 Å². The monoisotopic (exact) mass is 482 g/mol. The molecule has 1 amide bonds. The molecule has 0 fully saturated rings. The van der Waals surface area contributed by atoms with Crippen LogP contribution < -0.4 is 19.1 Å². The second-order valence-electron chi connectivity index (χ2n) is 7.80. The van der Waals surface area contributed by atoms with Crippen molar-refractivity contribution in [2.24, 2.45) is 0 Å². The molecule has 1 unspecified atom stereocenters. The Balaban J connectivity index is 1.73. The van der Waals surface area contributed by atoms with Crippen LogP contribution in [0, 0.1) is 6.92 Å². The Morgan fingerprint density at radius 1 is 0.941 bits per heavy atom. The van der Waals surface area contributed by atoms with Crippen LogP contribution >= 0.6 is 0 Å². The summed E-state index contributed by atoms with van der Waals surface area (Å²) < 4.78 is 39.2. The Morgan fingerprint density at radius 2 is 1.59 bits per heavy atom. The number of sulfonamides is 1. The van der Waals surface area contributed by atoms with Gasteiger partial charge in [0.1, 0.15) is 24.7 Å². The van der Waals surface area contributed by atoms with Crippen LogP contribution in [0.15, 0.2) is 83.8 Å². The van der Waals surface area contributed by atoms with Crippen LogP contribution in [0.3, 0.4) is 0 Å². The number of ether oxygens (including phenoxy) is 2. The lowest BCUT2D eigenvalue weighted by atomic mass is 10.2. The number of amides is 1. The molecule has 0 aromatic heterocycles. The summed E-state index contributed by atoms with van der Waals surface area (Å²) in [7, 11) is -3.99. The lowest BCUT2D eigenvalue weighted by Gasteiger charge is -2.25. The molecule has 1 atom stereocenters. The Kier molecular flexibility index (Phi) is 8.54. The van der Waals surface area contributed by atoms with Gasteiger partial charge in [-0.2, -0.15) is 0 Å². The van der Waals surface area contributed by atoms with Crippen molar-refractivity contribution in [3.63, 3.8) is 0 Å². The van der Waals surface area contributed by atoms with Gasteiger partial charge in [0.2, 0.25) is 5.91 Å². The van der Waals surface area contributed by atoms with E-state index in [1.165, 1.54) is 12.1 Å². The van der Waals surface area contributed by atoms with Crippen molar-refractivity contribution in [2.45, 2.75) is 31.7 Å². The van der Waals surface area contributed by atoms with E-state index in [2.05, 4.69) is 5.32 Å². The van der Waals surface area contributed by atoms with Crippen LogP contribution in [0.25, 0.3) is 0 Å². The molecule has 8 heteroatoms. The minimum Gasteiger partial charge on any atom is -0.494 e. The van der Waals surface area contributed by atoms with E-state index in [4.69, 9.17) is 9.47 Å². The summed E-state index contributed by atoms with van der Waals surface area (Å²) >= 11 is 0. The number of hydrogen-bond acceptors (Lipinski definition) is 5. The summed E-state index contributed by atoms with van der Waals surface area (Å²) in [4.78, 5) is 12.9. The maximum absolute atomic E-state index is 13.5. The molecule has 0 radical (unpaired) electrons. The fraction of sp³-hybridized carbons (Fsp3) is 0.269. The van der Waals surface area contributed by atoms with E-state index in [0.717, 1.165) is 15.6 Å². The van der Waals surface area contributed by atoms with Gasteiger partial charge in [-0.15, -0.1) is 0 Å². The van der Waals surface area contributed by atoms with Gasteiger partial charge in [0, 0.05) is 0 Å². The van der Waals surface area contributed by atoms with Gasteiger partial charge < -0.3 is 14.8 Å². The molecule has 3 aromatic carbocycles. The lowest BCUT2D eigenvalue weighted by Crippen LogP contribution is -2.45. The van der Waals surface area contributed by atoms with Crippen molar-refractivity contribution >= 4 is 21.6 Å². The number of anilines is 1. The predicted molar refractivity (Wildman–Crippen MR) is 133 cm³/mol. The number of benzene rings is 3. The van der Waals surface area contributed by atoms with Crippen LogP contribution in [-0.2, 0) is 14.8 Å². The first-order valence-electron chi connectivity index (χ1n) is 11.1. The Hall–Kier alpha value is -3.52. The van der Waals surface area contributed by atoms with Crippen molar-refractivity contribution in [1.82, 2.24) is 5.32 Å². The normalized spacial score (nSPS) is 12.0. The number of carbonyl (C=O) groups excluding carboxylic acids is 1. The number of aryl methyl sites for hydroxylation is 1. The summed E-state index contributed by atoms with van der Waals surface area (Å²) in [5, 5.41) is 2.83. The van der Waals surface area contributed by atoms with Crippen molar-refractivity contribution < 1.29 is 22.7 Å². The average molecular weight is 483 g/mol. The topological polar surface area (TPSA) is 84.9 Å². The molecule has 34 heavy (non-hydrogen) atoms. The summed E-state index contributed by atoms with van der Waals surface area (Å²) in [6.45, 7) is 5.98. The van der Waals surface area contributed by atoms with E-state index in [1.54, 1.807) is 42.5 Å². The number of rotatable bonds is 11. The zero-order valence-electron chi connectivity index (χ0n) is 19.6. The molecular formula is C26H30N2O5S. The predicted octanol–water partition coefficient (Wildman–Crippen LogP) is 4.17.